The van der Waals surface area contributed by atoms with Crippen molar-refractivity contribution in [1.82, 2.24) is 5.01 Å². The third-order valence-electron chi connectivity index (χ3n) is 5.57. The first-order chi connectivity index (χ1) is 14.3. The zero-order valence-electron chi connectivity index (χ0n) is 16.1. The molecule has 1 amide bonds. The summed E-state index contributed by atoms with van der Waals surface area (Å²) in [6.45, 7) is 1.57. The van der Waals surface area contributed by atoms with Crippen LogP contribution < -0.4 is 5.73 Å². The molecule has 0 aromatic heterocycles. The number of halogens is 4. The van der Waals surface area contributed by atoms with E-state index in [1.165, 1.54) is 13.0 Å². The maximum absolute atomic E-state index is 14.6. The van der Waals surface area contributed by atoms with E-state index in [4.69, 9.17) is 5.73 Å². The number of amides is 1. The minimum Gasteiger partial charge on any atom is -0.330 e. The molecule has 0 saturated carbocycles. The van der Waals surface area contributed by atoms with Gasteiger partial charge in [0.2, 0.25) is 5.91 Å². The number of hydrogen-bond donors (Lipinski definition) is 1. The lowest BCUT2D eigenvalue weighted by Crippen LogP contribution is -2.49. The summed E-state index contributed by atoms with van der Waals surface area (Å²) >= 11 is 1.01. The Morgan fingerprint density at radius 2 is 1.97 bits per heavy atom. The predicted octanol–water partition coefficient (Wildman–Crippen LogP) is 4.26. The maximum Gasteiger partial charge on any atom is 0.241 e. The number of rotatable bonds is 3. The highest BCUT2D eigenvalue weighted by atomic mass is 32.2. The van der Waals surface area contributed by atoms with Crippen LogP contribution in [0.5, 0.6) is 0 Å². The highest BCUT2D eigenvalue weighted by molar-refractivity contribution is 8.15. The Hall–Kier alpha value is -2.39. The van der Waals surface area contributed by atoms with Crippen LogP contribution in [0, 0.1) is 29.2 Å². The number of thioether (sulfide) groups is 1. The first-order valence-corrected chi connectivity index (χ1v) is 10.3. The fourth-order valence-corrected chi connectivity index (χ4v) is 5.96. The Balaban J connectivity index is 1.94. The molecule has 2 aromatic rings. The number of benzene rings is 2. The molecule has 0 radical (unpaired) electrons. The summed E-state index contributed by atoms with van der Waals surface area (Å²) in [6.07, 6.45) is 1.30. The summed E-state index contributed by atoms with van der Waals surface area (Å²) in [6, 6.07) is 4.95. The first kappa shape index (κ1) is 20.9. The molecule has 4 nitrogen and oxygen atoms in total. The lowest BCUT2D eigenvalue weighted by Gasteiger charge is -2.45. The Morgan fingerprint density at radius 3 is 2.67 bits per heavy atom. The van der Waals surface area contributed by atoms with Crippen molar-refractivity contribution in [1.29, 1.82) is 0 Å². The molecule has 4 rings (SSSR count). The topological polar surface area (TPSA) is 58.7 Å². The number of carbonyl (C=O) groups excluding carboxylic acids is 1. The average molecular weight is 437 g/mol. The number of nitrogens with zero attached hydrogens (tertiary/aromatic N) is 2. The van der Waals surface area contributed by atoms with Gasteiger partial charge in [0, 0.05) is 18.6 Å². The average Bonchev–Trinajstić information content (AvgIpc) is 3.08. The van der Waals surface area contributed by atoms with Gasteiger partial charge in [0.25, 0.3) is 0 Å². The van der Waals surface area contributed by atoms with Crippen LogP contribution in [0.25, 0.3) is 0 Å². The zero-order chi connectivity index (χ0) is 21.6. The van der Waals surface area contributed by atoms with Crippen LogP contribution in [0.2, 0.25) is 0 Å². The van der Waals surface area contributed by atoms with Crippen molar-refractivity contribution < 1.29 is 22.4 Å². The highest BCUT2D eigenvalue weighted by Crippen LogP contribution is 2.57. The summed E-state index contributed by atoms with van der Waals surface area (Å²) in [5.74, 6) is -3.62. The normalized spacial score (nSPS) is 22.9. The molecule has 0 bridgehead atoms. The largest absolute Gasteiger partial charge is 0.330 e. The molecule has 0 unspecified atom stereocenters. The van der Waals surface area contributed by atoms with E-state index in [1.807, 2.05) is 0 Å². The molecule has 0 saturated heterocycles. The van der Waals surface area contributed by atoms with Gasteiger partial charge in [-0.25, -0.2) is 22.6 Å². The molecular formula is C21H19F4N3OS. The zero-order valence-corrected chi connectivity index (χ0v) is 16.9. The Labute approximate surface area is 175 Å². The van der Waals surface area contributed by atoms with E-state index in [2.05, 4.69) is 5.10 Å². The smallest absolute Gasteiger partial charge is 0.241 e. The summed E-state index contributed by atoms with van der Waals surface area (Å²) < 4.78 is 57.1. The molecule has 2 N–H and O–H groups in total. The minimum atomic E-state index is -1.30. The fourth-order valence-electron chi connectivity index (χ4n) is 4.33. The number of nitrogens with two attached hydrogens (primary N) is 1. The number of hydrazone groups is 1. The minimum absolute atomic E-state index is 0.0711. The molecule has 9 heteroatoms. The van der Waals surface area contributed by atoms with E-state index < -0.39 is 34.0 Å². The van der Waals surface area contributed by atoms with Crippen LogP contribution >= 0.6 is 11.8 Å². The van der Waals surface area contributed by atoms with Crippen molar-refractivity contribution in [3.8, 4) is 0 Å². The van der Waals surface area contributed by atoms with Gasteiger partial charge in [-0.15, -0.1) is 0 Å². The van der Waals surface area contributed by atoms with Gasteiger partial charge in [0.15, 0.2) is 0 Å². The first-order valence-electron chi connectivity index (χ1n) is 9.50. The van der Waals surface area contributed by atoms with Gasteiger partial charge in [-0.05, 0) is 67.1 Å². The third kappa shape index (κ3) is 3.20. The van der Waals surface area contributed by atoms with Gasteiger partial charge in [0.05, 0.1) is 0 Å². The Morgan fingerprint density at radius 1 is 1.20 bits per heavy atom. The summed E-state index contributed by atoms with van der Waals surface area (Å²) in [5.41, 5.74) is 6.25. The van der Waals surface area contributed by atoms with E-state index >= 15 is 0 Å². The number of fused-ring (bicyclic) bond motifs is 2. The van der Waals surface area contributed by atoms with Gasteiger partial charge in [-0.1, -0.05) is 11.8 Å². The number of hydrogen-bond acceptors (Lipinski definition) is 4. The molecule has 1 heterocycles. The van der Waals surface area contributed by atoms with E-state index in [1.54, 1.807) is 0 Å². The van der Waals surface area contributed by atoms with Crippen molar-refractivity contribution in [3.63, 3.8) is 0 Å². The van der Waals surface area contributed by atoms with Gasteiger partial charge >= 0.3 is 0 Å². The van der Waals surface area contributed by atoms with Crippen molar-refractivity contribution >= 4 is 22.7 Å². The molecule has 1 aliphatic heterocycles. The molecule has 30 heavy (non-hydrogen) atoms. The molecular weight excluding hydrogens is 418 g/mol. The predicted molar refractivity (Wildman–Crippen MR) is 107 cm³/mol. The van der Waals surface area contributed by atoms with E-state index in [0.29, 0.717) is 24.8 Å². The maximum atomic E-state index is 14.6. The molecule has 2 aromatic carbocycles. The van der Waals surface area contributed by atoms with Crippen LogP contribution in [0.3, 0.4) is 0 Å². The van der Waals surface area contributed by atoms with Gasteiger partial charge in [0.1, 0.15) is 33.2 Å². The van der Waals surface area contributed by atoms with Gasteiger partial charge in [-0.3, -0.25) is 4.79 Å². The van der Waals surface area contributed by atoms with Crippen molar-refractivity contribution in [3.05, 3.63) is 70.3 Å². The van der Waals surface area contributed by atoms with E-state index in [9.17, 15) is 22.4 Å². The van der Waals surface area contributed by atoms with Gasteiger partial charge in [-0.2, -0.15) is 5.10 Å². The summed E-state index contributed by atoms with van der Waals surface area (Å²) in [4.78, 5) is 11.3. The molecule has 2 atom stereocenters. The second kappa shape index (κ2) is 7.70. The molecule has 1 aliphatic carbocycles. The molecule has 1 spiro atoms. The second-order valence-electron chi connectivity index (χ2n) is 7.39. The van der Waals surface area contributed by atoms with E-state index in [0.717, 1.165) is 41.0 Å². The van der Waals surface area contributed by atoms with Crippen LogP contribution in [-0.2, 0) is 16.1 Å². The van der Waals surface area contributed by atoms with Crippen molar-refractivity contribution in [2.24, 2.45) is 16.8 Å². The van der Waals surface area contributed by atoms with Crippen molar-refractivity contribution in [2.75, 3.05) is 6.54 Å². The lowest BCUT2D eigenvalue weighted by molar-refractivity contribution is -0.134. The quantitative estimate of drug-likeness (QED) is 0.730. The number of carbonyl (C=O) groups is 1. The summed E-state index contributed by atoms with van der Waals surface area (Å²) in [7, 11) is 0. The molecule has 158 valence electrons. The fraction of sp³-hybridized carbons (Fsp3) is 0.333. The second-order valence-corrected chi connectivity index (χ2v) is 8.60. The molecule has 0 fully saturated rings. The SMILES string of the molecule is CC(=O)N1N=C(c2cc(F)ccc2F)S[C@@]12c1cc(F)cc(F)c1CC[C@H]2CCN. The summed E-state index contributed by atoms with van der Waals surface area (Å²) in [5, 5.41) is 5.52. The van der Waals surface area contributed by atoms with E-state index in [-0.39, 0.29) is 28.6 Å². The van der Waals surface area contributed by atoms with Crippen LogP contribution in [0.1, 0.15) is 36.5 Å². The Bertz CT molecular complexity index is 1060. The molecule has 2 aliphatic rings. The van der Waals surface area contributed by atoms with Crippen LogP contribution in [0.4, 0.5) is 17.6 Å². The van der Waals surface area contributed by atoms with Crippen molar-refractivity contribution in [2.45, 2.75) is 31.1 Å². The Kier molecular flexibility index (Phi) is 5.36. The van der Waals surface area contributed by atoms with Crippen LogP contribution in [-0.4, -0.2) is 22.5 Å². The van der Waals surface area contributed by atoms with Crippen LogP contribution in [0.15, 0.2) is 35.4 Å². The lowest BCUT2D eigenvalue weighted by atomic mass is 9.76. The van der Waals surface area contributed by atoms with Gasteiger partial charge < -0.3 is 5.73 Å². The highest BCUT2D eigenvalue weighted by Gasteiger charge is 2.56. The third-order valence-corrected chi connectivity index (χ3v) is 7.10. The monoisotopic (exact) mass is 437 g/mol. The standard InChI is InChI=1S/C21H19F4N3OS/c1-11(29)28-21(30-20(27-28)16-8-13(22)3-5-18(16)24)12(6-7-26)2-4-15-17(21)9-14(23)10-19(15)25/h3,5,8-10,12H,2,4,6-7,26H2,1H3/t12-,21-/m0/s1.